The first kappa shape index (κ1) is 31.7. The highest BCUT2D eigenvalue weighted by atomic mass is 15.1. The smallest absolute Gasteiger partial charge is 0.160 e. The minimum absolute atomic E-state index is 0.723. The Hall–Kier alpha value is -7.04. The molecule has 7 aromatic carbocycles. The van der Waals surface area contributed by atoms with Gasteiger partial charge in [-0.15, -0.1) is 0 Å². The molecule has 10 rings (SSSR count). The average Bonchev–Trinajstić information content (AvgIpc) is 3.74. The van der Waals surface area contributed by atoms with Crippen molar-refractivity contribution < 1.29 is 0 Å². The number of para-hydroxylation sites is 3. The van der Waals surface area contributed by atoms with Crippen LogP contribution in [0.4, 0.5) is 0 Å². The molecule has 0 saturated heterocycles. The lowest BCUT2D eigenvalue weighted by atomic mass is 10.0. The van der Waals surface area contributed by atoms with Crippen molar-refractivity contribution in [3.63, 3.8) is 0 Å². The summed E-state index contributed by atoms with van der Waals surface area (Å²) in [5.74, 6) is 0.723. The number of hydrogen-bond acceptors (Lipinski definition) is 2. The van der Waals surface area contributed by atoms with E-state index in [1.165, 1.54) is 49.8 Å². The van der Waals surface area contributed by atoms with Gasteiger partial charge in [0.15, 0.2) is 5.82 Å². The topological polar surface area (TPSA) is 35.1 Å². The maximum Gasteiger partial charge on any atom is 0.160 e. The maximum absolute atomic E-state index is 5.07. The van der Waals surface area contributed by atoms with Gasteiger partial charge < -0.3 is 0 Å². The molecule has 0 N–H and O–H groups in total. The first-order chi connectivity index (χ1) is 26.6. The lowest BCUT2D eigenvalue weighted by Gasteiger charge is -2.11. The molecule has 3 heterocycles. The molecule has 54 heavy (non-hydrogen) atoms. The molecule has 4 nitrogen and oxygen atoms in total. The van der Waals surface area contributed by atoms with E-state index in [2.05, 4.69) is 205 Å². The fraction of sp³-hybridized carbons (Fsp3) is 0.0400. The van der Waals surface area contributed by atoms with Crippen molar-refractivity contribution in [2.75, 3.05) is 0 Å². The minimum Gasteiger partial charge on any atom is -0.293 e. The summed E-state index contributed by atoms with van der Waals surface area (Å²) < 4.78 is 4.83. The van der Waals surface area contributed by atoms with Crippen LogP contribution < -0.4 is 0 Å². The highest BCUT2D eigenvalue weighted by molar-refractivity contribution is 6.09. The molecule has 0 saturated carbocycles. The molecule has 0 spiro atoms. The predicted octanol–water partition coefficient (Wildman–Crippen LogP) is 12.8. The predicted molar refractivity (Wildman–Crippen MR) is 224 cm³/mol. The van der Waals surface area contributed by atoms with Gasteiger partial charge in [0, 0.05) is 33.3 Å². The van der Waals surface area contributed by atoms with Crippen molar-refractivity contribution in [2.45, 2.75) is 13.8 Å². The molecule has 0 bridgehead atoms. The Morgan fingerprint density at radius 2 is 0.870 bits per heavy atom. The average molecular weight is 693 g/mol. The lowest BCUT2D eigenvalue weighted by Crippen LogP contribution is -1.96. The number of nitrogens with zero attached hydrogens (tertiary/aromatic N) is 4. The van der Waals surface area contributed by atoms with Crippen molar-refractivity contribution in [1.82, 2.24) is 18.9 Å². The molecule has 0 amide bonds. The summed E-state index contributed by atoms with van der Waals surface area (Å²) >= 11 is 0. The summed E-state index contributed by atoms with van der Waals surface area (Å²) in [5.41, 5.74) is 18.0. The van der Waals surface area contributed by atoms with E-state index in [0.29, 0.717) is 0 Å². The summed E-state index contributed by atoms with van der Waals surface area (Å²) in [7, 11) is 0. The van der Waals surface area contributed by atoms with Crippen molar-refractivity contribution >= 4 is 27.6 Å². The van der Waals surface area contributed by atoms with Crippen molar-refractivity contribution in [2.24, 2.45) is 0 Å². The van der Waals surface area contributed by atoms with E-state index in [0.717, 1.165) is 50.7 Å². The zero-order valence-corrected chi connectivity index (χ0v) is 30.1. The van der Waals surface area contributed by atoms with Gasteiger partial charge in [-0.3, -0.25) is 8.97 Å². The Morgan fingerprint density at radius 3 is 1.50 bits per heavy atom. The van der Waals surface area contributed by atoms with Crippen molar-refractivity contribution in [3.8, 4) is 61.8 Å². The zero-order valence-electron chi connectivity index (χ0n) is 30.1. The number of benzene rings is 7. The maximum atomic E-state index is 5.07. The summed E-state index contributed by atoms with van der Waals surface area (Å²) in [5, 5.41) is 1.25. The Labute approximate surface area is 314 Å². The number of aromatic nitrogens is 4. The van der Waals surface area contributed by atoms with E-state index >= 15 is 0 Å². The van der Waals surface area contributed by atoms with Gasteiger partial charge >= 0.3 is 0 Å². The van der Waals surface area contributed by atoms with E-state index in [-0.39, 0.29) is 0 Å². The molecule has 0 aliphatic heterocycles. The van der Waals surface area contributed by atoms with Crippen LogP contribution in [0.1, 0.15) is 11.1 Å². The summed E-state index contributed by atoms with van der Waals surface area (Å²) in [6.45, 7) is 4.20. The highest BCUT2D eigenvalue weighted by Gasteiger charge is 2.22. The van der Waals surface area contributed by atoms with Crippen LogP contribution in [0.15, 0.2) is 182 Å². The minimum atomic E-state index is 0.723. The van der Waals surface area contributed by atoms with E-state index < -0.39 is 0 Å². The molecule has 4 heteroatoms. The van der Waals surface area contributed by atoms with Gasteiger partial charge in [-0.2, -0.15) is 0 Å². The van der Waals surface area contributed by atoms with Gasteiger partial charge in [0.1, 0.15) is 5.65 Å². The molecular weight excluding hydrogens is 657 g/mol. The molecule has 3 aromatic heterocycles. The Balaban J connectivity index is 1.05. The van der Waals surface area contributed by atoms with Crippen LogP contribution in [0.3, 0.4) is 0 Å². The molecule has 0 unspecified atom stereocenters. The van der Waals surface area contributed by atoms with Crippen LogP contribution in [0, 0.1) is 13.8 Å². The Kier molecular flexibility index (Phi) is 7.55. The molecule has 0 fully saturated rings. The zero-order chi connectivity index (χ0) is 36.2. The first-order valence-electron chi connectivity index (χ1n) is 18.4. The van der Waals surface area contributed by atoms with Crippen LogP contribution in [0.5, 0.6) is 0 Å². The molecular formula is C50H36N4. The van der Waals surface area contributed by atoms with E-state index in [1.54, 1.807) is 0 Å². The van der Waals surface area contributed by atoms with Crippen LogP contribution in [0.25, 0.3) is 89.4 Å². The second-order valence-electron chi connectivity index (χ2n) is 14.1. The second-order valence-corrected chi connectivity index (χ2v) is 14.1. The van der Waals surface area contributed by atoms with Gasteiger partial charge in [-0.25, -0.2) is 9.97 Å². The third-order valence-corrected chi connectivity index (χ3v) is 10.5. The van der Waals surface area contributed by atoms with Gasteiger partial charge in [-0.1, -0.05) is 157 Å². The van der Waals surface area contributed by atoms with Crippen LogP contribution >= 0.6 is 0 Å². The van der Waals surface area contributed by atoms with Crippen molar-refractivity contribution in [3.05, 3.63) is 193 Å². The molecule has 0 aliphatic rings. The van der Waals surface area contributed by atoms with Crippen LogP contribution in [-0.2, 0) is 0 Å². The number of fused-ring (bicyclic) bond motifs is 5. The molecule has 256 valence electrons. The Bertz CT molecular complexity index is 2890. The van der Waals surface area contributed by atoms with Gasteiger partial charge in [0.25, 0.3) is 0 Å². The van der Waals surface area contributed by atoms with E-state index in [1.807, 2.05) is 0 Å². The van der Waals surface area contributed by atoms with Gasteiger partial charge in [0.2, 0.25) is 0 Å². The molecule has 0 atom stereocenters. The number of imidazole rings is 1. The van der Waals surface area contributed by atoms with E-state index in [4.69, 9.17) is 9.97 Å². The van der Waals surface area contributed by atoms with Gasteiger partial charge in [0.05, 0.1) is 27.9 Å². The van der Waals surface area contributed by atoms with Crippen molar-refractivity contribution in [1.29, 1.82) is 0 Å². The number of hydrogen-bond donors (Lipinski definition) is 0. The van der Waals surface area contributed by atoms with Crippen LogP contribution in [-0.4, -0.2) is 18.9 Å². The molecule has 0 aliphatic carbocycles. The normalized spacial score (nSPS) is 11.5. The largest absolute Gasteiger partial charge is 0.293 e. The first-order valence-corrected chi connectivity index (χ1v) is 18.4. The summed E-state index contributed by atoms with van der Waals surface area (Å²) in [6, 6.07) is 64.9. The third kappa shape index (κ3) is 5.39. The molecule has 10 aromatic rings. The van der Waals surface area contributed by atoms with Crippen LogP contribution in [0.2, 0.25) is 0 Å². The fourth-order valence-electron chi connectivity index (χ4n) is 7.72. The SMILES string of the molecule is Cc1ccc(-c2cc(-c3ccc(-c4ccc(-n5c6ccccc6n6c7ccccc7c(-c7ccccc7)c56)cc4)cc3)nc(-c3ccc(C)cc3)n2)cc1. The molecule has 0 radical (unpaired) electrons. The number of aryl methyl sites for hydroxylation is 2. The Morgan fingerprint density at radius 1 is 0.389 bits per heavy atom. The lowest BCUT2D eigenvalue weighted by molar-refractivity contribution is 1.15. The standard InChI is InChI=1S/C50H36N4/c1-33-16-20-37(21-17-33)43-32-44(52-49(51-43)40-22-18-34(2)19-23-40)38-26-24-35(25-27-38)36-28-30-41(31-29-36)53-46-14-8-9-15-47(46)54-45-13-7-6-12-42(45)48(50(53)54)39-10-4-3-5-11-39/h3-32H,1-2H3. The number of rotatable bonds is 6. The fourth-order valence-corrected chi connectivity index (χ4v) is 7.72. The van der Waals surface area contributed by atoms with E-state index in [9.17, 15) is 0 Å². The summed E-state index contributed by atoms with van der Waals surface area (Å²) in [4.78, 5) is 10.1. The van der Waals surface area contributed by atoms with Gasteiger partial charge in [-0.05, 0) is 66.9 Å². The third-order valence-electron chi connectivity index (χ3n) is 10.5. The summed E-state index contributed by atoms with van der Waals surface area (Å²) in [6.07, 6.45) is 0. The second kappa shape index (κ2) is 12.9. The quantitative estimate of drug-likeness (QED) is 0.174. The monoisotopic (exact) mass is 692 g/mol. The highest BCUT2D eigenvalue weighted by Crippen LogP contribution is 2.41.